The fourth-order valence-corrected chi connectivity index (χ4v) is 3.13. The Labute approximate surface area is 146 Å². The molecule has 3 rings (SSSR count). The van der Waals surface area contributed by atoms with Crippen LogP contribution in [0.3, 0.4) is 0 Å². The van der Waals surface area contributed by atoms with Crippen molar-refractivity contribution in [3.63, 3.8) is 0 Å². The summed E-state index contributed by atoms with van der Waals surface area (Å²) in [5.41, 5.74) is 2.14. The summed E-state index contributed by atoms with van der Waals surface area (Å²) in [6.45, 7) is 2.03. The van der Waals surface area contributed by atoms with Crippen molar-refractivity contribution in [1.82, 2.24) is 10.3 Å². The molecular formula is C19H22N2O4. The number of hydrogen-bond donors (Lipinski definition) is 2. The molecule has 1 heterocycles. The molecule has 2 atom stereocenters. The normalized spacial score (nSPS) is 19.7. The Balaban J connectivity index is 1.48. The van der Waals surface area contributed by atoms with Crippen LogP contribution in [0.2, 0.25) is 0 Å². The number of oxazole rings is 1. The van der Waals surface area contributed by atoms with Gasteiger partial charge < -0.3 is 14.8 Å². The van der Waals surface area contributed by atoms with E-state index in [1.165, 1.54) is 5.56 Å². The van der Waals surface area contributed by atoms with Crippen molar-refractivity contribution in [3.8, 4) is 11.3 Å². The summed E-state index contributed by atoms with van der Waals surface area (Å²) < 4.78 is 5.71. The number of aromatic nitrogens is 1. The summed E-state index contributed by atoms with van der Waals surface area (Å²) in [6.07, 6.45) is 4.23. The van der Waals surface area contributed by atoms with Crippen molar-refractivity contribution in [2.75, 3.05) is 0 Å². The summed E-state index contributed by atoms with van der Waals surface area (Å²) in [5.74, 6) is 0.0106. The van der Waals surface area contributed by atoms with Crippen LogP contribution in [0.1, 0.15) is 37.1 Å². The van der Waals surface area contributed by atoms with E-state index < -0.39 is 5.97 Å². The smallest absolute Gasteiger partial charge is 0.306 e. The molecule has 0 bridgehead atoms. The van der Waals surface area contributed by atoms with Gasteiger partial charge in [0.15, 0.2) is 11.7 Å². The molecule has 1 aromatic heterocycles. The predicted octanol–water partition coefficient (Wildman–Crippen LogP) is 2.95. The highest BCUT2D eigenvalue weighted by Crippen LogP contribution is 2.26. The molecule has 0 saturated heterocycles. The molecule has 6 nitrogen and oxygen atoms in total. The zero-order valence-corrected chi connectivity index (χ0v) is 14.2. The first kappa shape index (κ1) is 17.2. The number of amides is 1. The monoisotopic (exact) mass is 342 g/mol. The maximum atomic E-state index is 12.0. The molecule has 1 saturated carbocycles. The summed E-state index contributed by atoms with van der Waals surface area (Å²) in [4.78, 5) is 27.2. The number of rotatable bonds is 6. The maximum absolute atomic E-state index is 12.0. The van der Waals surface area contributed by atoms with E-state index in [-0.39, 0.29) is 24.3 Å². The van der Waals surface area contributed by atoms with Crippen molar-refractivity contribution < 1.29 is 19.1 Å². The fraction of sp³-hybridized carbons (Fsp3) is 0.421. The Kier molecular flexibility index (Phi) is 5.16. The van der Waals surface area contributed by atoms with Crippen molar-refractivity contribution in [2.45, 2.75) is 45.1 Å². The van der Waals surface area contributed by atoms with E-state index in [0.717, 1.165) is 12.0 Å². The number of carbonyl (C=O) groups is 2. The number of nitrogens with one attached hydrogen (secondary N) is 1. The second-order valence-electron chi connectivity index (χ2n) is 6.60. The highest BCUT2D eigenvalue weighted by molar-refractivity contribution is 5.77. The van der Waals surface area contributed by atoms with Gasteiger partial charge in [-0.05, 0) is 26.2 Å². The molecule has 1 aliphatic carbocycles. The van der Waals surface area contributed by atoms with Crippen molar-refractivity contribution in [2.24, 2.45) is 5.92 Å². The highest BCUT2D eigenvalue weighted by atomic mass is 16.4. The Hall–Kier alpha value is -2.63. The molecule has 1 fully saturated rings. The summed E-state index contributed by atoms with van der Waals surface area (Å²) in [7, 11) is 0. The number of benzene rings is 1. The lowest BCUT2D eigenvalue weighted by Gasteiger charge is -2.11. The van der Waals surface area contributed by atoms with Gasteiger partial charge in [-0.1, -0.05) is 29.8 Å². The molecule has 0 aliphatic heterocycles. The third-order valence-corrected chi connectivity index (χ3v) is 4.60. The minimum absolute atomic E-state index is 0.0405. The molecule has 2 N–H and O–H groups in total. The Morgan fingerprint density at radius 3 is 2.72 bits per heavy atom. The zero-order chi connectivity index (χ0) is 17.8. The first-order valence-electron chi connectivity index (χ1n) is 8.55. The summed E-state index contributed by atoms with van der Waals surface area (Å²) in [6, 6.07) is 7.94. The van der Waals surface area contributed by atoms with Gasteiger partial charge in [0.05, 0.1) is 12.1 Å². The second kappa shape index (κ2) is 7.51. The topological polar surface area (TPSA) is 92.4 Å². The third kappa shape index (κ3) is 4.47. The minimum atomic E-state index is -0.778. The van der Waals surface area contributed by atoms with Crippen LogP contribution in [-0.2, 0) is 16.0 Å². The highest BCUT2D eigenvalue weighted by Gasteiger charge is 2.30. The number of carboxylic acid groups (broad SMARTS) is 1. The Morgan fingerprint density at radius 1 is 1.28 bits per heavy atom. The second-order valence-corrected chi connectivity index (χ2v) is 6.60. The van der Waals surface area contributed by atoms with Crippen molar-refractivity contribution in [1.29, 1.82) is 0 Å². The number of hydrogen-bond acceptors (Lipinski definition) is 4. The van der Waals surface area contributed by atoms with Gasteiger partial charge in [-0.25, -0.2) is 4.98 Å². The molecule has 6 heteroatoms. The molecule has 2 aromatic rings. The quantitative estimate of drug-likeness (QED) is 0.842. The Morgan fingerprint density at radius 2 is 2.04 bits per heavy atom. The van der Waals surface area contributed by atoms with Crippen LogP contribution in [0.4, 0.5) is 0 Å². The molecule has 1 aromatic carbocycles. The summed E-state index contributed by atoms with van der Waals surface area (Å²) in [5, 5.41) is 11.9. The van der Waals surface area contributed by atoms with Gasteiger partial charge in [0, 0.05) is 24.4 Å². The first-order chi connectivity index (χ1) is 12.0. The van der Waals surface area contributed by atoms with E-state index in [1.807, 2.05) is 31.2 Å². The van der Waals surface area contributed by atoms with Gasteiger partial charge in [0.2, 0.25) is 5.91 Å². The average Bonchev–Trinajstić information content (AvgIpc) is 3.23. The maximum Gasteiger partial charge on any atom is 0.306 e. The molecule has 1 aliphatic rings. The van der Waals surface area contributed by atoms with Gasteiger partial charge >= 0.3 is 5.97 Å². The van der Waals surface area contributed by atoms with Gasteiger partial charge in [-0.2, -0.15) is 0 Å². The third-order valence-electron chi connectivity index (χ3n) is 4.60. The van der Waals surface area contributed by atoms with E-state index in [4.69, 9.17) is 9.52 Å². The molecule has 1 amide bonds. The SMILES string of the molecule is Cc1ccc(-c2cnc(CCC(=O)N[C@@H]3CC[C@H](C(=O)O)C3)o2)cc1. The van der Waals surface area contributed by atoms with Gasteiger partial charge in [-0.3, -0.25) is 9.59 Å². The molecular weight excluding hydrogens is 320 g/mol. The van der Waals surface area contributed by atoms with Gasteiger partial charge in [0.1, 0.15) is 0 Å². The van der Waals surface area contributed by atoms with Crippen LogP contribution in [-0.4, -0.2) is 28.0 Å². The largest absolute Gasteiger partial charge is 0.481 e. The molecule has 132 valence electrons. The molecule has 0 spiro atoms. The summed E-state index contributed by atoms with van der Waals surface area (Å²) >= 11 is 0. The molecule has 25 heavy (non-hydrogen) atoms. The fourth-order valence-electron chi connectivity index (χ4n) is 3.13. The van der Waals surface area contributed by atoms with E-state index in [9.17, 15) is 9.59 Å². The zero-order valence-electron chi connectivity index (χ0n) is 14.2. The standard InChI is InChI=1S/C19H22N2O4/c1-12-2-4-13(5-3-12)16-11-20-18(25-16)9-8-17(22)21-15-7-6-14(10-15)19(23)24/h2-5,11,14-15H,6-10H2,1H3,(H,21,22)(H,23,24)/t14-,15+/m0/s1. The van der Waals surface area contributed by atoms with Crippen LogP contribution in [0.25, 0.3) is 11.3 Å². The van der Waals surface area contributed by atoms with Crippen LogP contribution in [0.15, 0.2) is 34.9 Å². The lowest BCUT2D eigenvalue weighted by Crippen LogP contribution is -2.33. The van der Waals surface area contributed by atoms with Gasteiger partial charge in [-0.15, -0.1) is 0 Å². The number of aryl methyl sites for hydroxylation is 2. The van der Waals surface area contributed by atoms with Crippen molar-refractivity contribution in [3.05, 3.63) is 41.9 Å². The van der Waals surface area contributed by atoms with E-state index >= 15 is 0 Å². The van der Waals surface area contributed by atoms with E-state index in [2.05, 4.69) is 10.3 Å². The molecule has 0 radical (unpaired) electrons. The van der Waals surface area contributed by atoms with Gasteiger partial charge in [0.25, 0.3) is 0 Å². The van der Waals surface area contributed by atoms with Crippen LogP contribution < -0.4 is 5.32 Å². The Bertz CT molecular complexity index is 751. The molecule has 0 unspecified atom stereocenters. The number of aliphatic carboxylic acids is 1. The van der Waals surface area contributed by atoms with Crippen LogP contribution >= 0.6 is 0 Å². The minimum Gasteiger partial charge on any atom is -0.481 e. The number of carbonyl (C=O) groups excluding carboxylic acids is 1. The first-order valence-corrected chi connectivity index (χ1v) is 8.55. The average molecular weight is 342 g/mol. The van der Waals surface area contributed by atoms with E-state index in [1.54, 1.807) is 6.20 Å². The lowest BCUT2D eigenvalue weighted by atomic mass is 10.1. The van der Waals surface area contributed by atoms with Crippen LogP contribution in [0, 0.1) is 12.8 Å². The number of nitrogens with zero attached hydrogens (tertiary/aromatic N) is 1. The van der Waals surface area contributed by atoms with Crippen LogP contribution in [0.5, 0.6) is 0 Å². The van der Waals surface area contributed by atoms with E-state index in [0.29, 0.717) is 30.9 Å². The number of carboxylic acids is 1. The lowest BCUT2D eigenvalue weighted by molar-refractivity contribution is -0.141. The van der Waals surface area contributed by atoms with Crippen molar-refractivity contribution >= 4 is 11.9 Å². The predicted molar refractivity (Wildman–Crippen MR) is 91.9 cm³/mol.